The highest BCUT2D eigenvalue weighted by atomic mass is 16.3. The Morgan fingerprint density at radius 2 is 2.07 bits per heavy atom. The van der Waals surface area contributed by atoms with Gasteiger partial charge in [0, 0.05) is 12.6 Å². The molecule has 3 nitrogen and oxygen atoms in total. The lowest BCUT2D eigenvalue weighted by Gasteiger charge is -2.41. The van der Waals surface area contributed by atoms with Crippen LogP contribution in [0, 0.1) is 0 Å². The molecule has 0 aromatic heterocycles. The van der Waals surface area contributed by atoms with E-state index in [9.17, 15) is 5.11 Å². The van der Waals surface area contributed by atoms with Gasteiger partial charge in [0.2, 0.25) is 0 Å². The van der Waals surface area contributed by atoms with E-state index in [4.69, 9.17) is 0 Å². The topological polar surface area (TPSA) is 35.5 Å². The van der Waals surface area contributed by atoms with Crippen molar-refractivity contribution in [3.05, 3.63) is 0 Å². The lowest BCUT2D eigenvalue weighted by atomic mass is 9.90. The van der Waals surface area contributed by atoms with Gasteiger partial charge in [0.15, 0.2) is 0 Å². The van der Waals surface area contributed by atoms with Crippen molar-refractivity contribution < 1.29 is 5.11 Å². The molecule has 2 saturated heterocycles. The largest absolute Gasteiger partial charge is 0.388 e. The molecule has 0 bridgehead atoms. The van der Waals surface area contributed by atoms with Gasteiger partial charge in [0.25, 0.3) is 0 Å². The second-order valence-corrected chi connectivity index (χ2v) is 5.29. The maximum Gasteiger partial charge on any atom is 0.0798 e. The third-order valence-electron chi connectivity index (χ3n) is 3.97. The number of aliphatic hydroxyl groups is 1. The third kappa shape index (κ3) is 2.92. The first-order valence-corrected chi connectivity index (χ1v) is 6.37. The molecular formula is C12H24N2O. The lowest BCUT2D eigenvalue weighted by Crippen LogP contribution is -2.52. The van der Waals surface area contributed by atoms with Crippen molar-refractivity contribution in [1.29, 1.82) is 0 Å². The van der Waals surface area contributed by atoms with E-state index in [1.807, 2.05) is 0 Å². The van der Waals surface area contributed by atoms with Crippen molar-refractivity contribution in [2.75, 3.05) is 26.2 Å². The summed E-state index contributed by atoms with van der Waals surface area (Å²) in [7, 11) is 0. The number of rotatable bonds is 2. The molecular weight excluding hydrogens is 188 g/mol. The van der Waals surface area contributed by atoms with Gasteiger partial charge in [-0.1, -0.05) is 6.42 Å². The van der Waals surface area contributed by atoms with Gasteiger partial charge in [-0.25, -0.2) is 0 Å². The van der Waals surface area contributed by atoms with Crippen LogP contribution in [0.3, 0.4) is 0 Å². The van der Waals surface area contributed by atoms with Crippen LogP contribution in [0.5, 0.6) is 0 Å². The first kappa shape index (κ1) is 11.4. The average Bonchev–Trinajstić information content (AvgIpc) is 2.22. The maximum atomic E-state index is 10.5. The Labute approximate surface area is 92.8 Å². The first-order valence-electron chi connectivity index (χ1n) is 6.37. The second kappa shape index (κ2) is 4.81. The van der Waals surface area contributed by atoms with Gasteiger partial charge >= 0.3 is 0 Å². The Balaban J connectivity index is 1.88. The van der Waals surface area contributed by atoms with Crippen LogP contribution < -0.4 is 5.32 Å². The minimum absolute atomic E-state index is 0.420. The van der Waals surface area contributed by atoms with Crippen molar-refractivity contribution in [3.8, 4) is 0 Å². The normalized spacial score (nSPS) is 32.8. The summed E-state index contributed by atoms with van der Waals surface area (Å²) in [5.41, 5.74) is -0.420. The molecule has 2 rings (SSSR count). The summed E-state index contributed by atoms with van der Waals surface area (Å²) in [5, 5.41) is 13.8. The van der Waals surface area contributed by atoms with Crippen LogP contribution in [0.25, 0.3) is 0 Å². The quantitative estimate of drug-likeness (QED) is 0.716. The zero-order valence-corrected chi connectivity index (χ0v) is 9.84. The number of nitrogens with zero attached hydrogens (tertiary/aromatic N) is 1. The molecule has 88 valence electrons. The molecule has 0 saturated carbocycles. The fraction of sp³-hybridized carbons (Fsp3) is 1.00. The zero-order chi connectivity index (χ0) is 10.7. The molecule has 2 N–H and O–H groups in total. The van der Waals surface area contributed by atoms with Gasteiger partial charge in [0.1, 0.15) is 0 Å². The van der Waals surface area contributed by atoms with E-state index in [1.165, 1.54) is 25.8 Å². The van der Waals surface area contributed by atoms with Crippen molar-refractivity contribution in [3.63, 3.8) is 0 Å². The van der Waals surface area contributed by atoms with Crippen molar-refractivity contribution in [2.45, 2.75) is 50.7 Å². The molecule has 0 radical (unpaired) electrons. The van der Waals surface area contributed by atoms with Crippen LogP contribution in [0.15, 0.2) is 0 Å². The van der Waals surface area contributed by atoms with Crippen LogP contribution in [0.1, 0.15) is 39.0 Å². The molecule has 2 fully saturated rings. The van der Waals surface area contributed by atoms with Crippen LogP contribution in [-0.2, 0) is 0 Å². The molecule has 15 heavy (non-hydrogen) atoms. The summed E-state index contributed by atoms with van der Waals surface area (Å²) >= 11 is 0. The molecule has 1 unspecified atom stereocenters. The van der Waals surface area contributed by atoms with Crippen LogP contribution >= 0.6 is 0 Å². The number of nitrogens with one attached hydrogen (secondary N) is 1. The first-order chi connectivity index (χ1) is 7.20. The van der Waals surface area contributed by atoms with Crippen molar-refractivity contribution >= 4 is 0 Å². The predicted molar refractivity (Wildman–Crippen MR) is 61.9 cm³/mol. The Bertz CT molecular complexity index is 202. The average molecular weight is 212 g/mol. The van der Waals surface area contributed by atoms with E-state index in [1.54, 1.807) is 0 Å². The summed E-state index contributed by atoms with van der Waals surface area (Å²) in [6.07, 6.45) is 5.79. The number of hydrogen-bond donors (Lipinski definition) is 2. The van der Waals surface area contributed by atoms with Crippen LogP contribution in [0.4, 0.5) is 0 Å². The molecule has 2 heterocycles. The Morgan fingerprint density at radius 1 is 1.33 bits per heavy atom. The van der Waals surface area contributed by atoms with Gasteiger partial charge < -0.3 is 10.4 Å². The van der Waals surface area contributed by atoms with Gasteiger partial charge in [-0.15, -0.1) is 0 Å². The summed E-state index contributed by atoms with van der Waals surface area (Å²) in [6, 6.07) is 0.665. The molecule has 1 atom stereocenters. The van der Waals surface area contributed by atoms with Crippen molar-refractivity contribution in [1.82, 2.24) is 10.2 Å². The minimum atomic E-state index is -0.420. The third-order valence-corrected chi connectivity index (χ3v) is 3.97. The monoisotopic (exact) mass is 212 g/mol. The molecule has 2 aliphatic heterocycles. The van der Waals surface area contributed by atoms with E-state index in [0.717, 1.165) is 32.5 Å². The zero-order valence-electron chi connectivity index (χ0n) is 9.84. The van der Waals surface area contributed by atoms with E-state index in [-0.39, 0.29) is 0 Å². The SMILES string of the molecule is CC1CCCCN1CC1(O)CCNCC1. The highest BCUT2D eigenvalue weighted by molar-refractivity contribution is 4.89. The van der Waals surface area contributed by atoms with Gasteiger partial charge in [-0.3, -0.25) is 4.90 Å². The fourth-order valence-electron chi connectivity index (χ4n) is 2.82. The van der Waals surface area contributed by atoms with Gasteiger partial charge in [0.05, 0.1) is 5.60 Å². The Morgan fingerprint density at radius 3 is 2.73 bits per heavy atom. The van der Waals surface area contributed by atoms with Crippen LogP contribution in [0.2, 0.25) is 0 Å². The molecule has 0 amide bonds. The summed E-state index contributed by atoms with van der Waals surface area (Å²) < 4.78 is 0. The van der Waals surface area contributed by atoms with E-state index >= 15 is 0 Å². The number of β-amino-alcohol motifs (C(OH)–C–C–N with tert-alkyl or cyclic N) is 1. The standard InChI is InChI=1S/C12H24N2O/c1-11-4-2-3-9-14(11)10-12(15)5-7-13-8-6-12/h11,13,15H,2-10H2,1H3. The Kier molecular flexibility index (Phi) is 3.65. The molecule has 0 spiro atoms. The molecule has 0 aromatic rings. The highest BCUT2D eigenvalue weighted by Crippen LogP contribution is 2.24. The van der Waals surface area contributed by atoms with Crippen LogP contribution in [-0.4, -0.2) is 47.8 Å². The predicted octanol–water partition coefficient (Wildman–Crippen LogP) is 0.975. The summed E-state index contributed by atoms with van der Waals surface area (Å²) in [5.74, 6) is 0. The molecule has 2 aliphatic rings. The number of piperidine rings is 2. The molecule has 0 aromatic carbocycles. The Hall–Kier alpha value is -0.120. The van der Waals surface area contributed by atoms with E-state index in [2.05, 4.69) is 17.1 Å². The highest BCUT2D eigenvalue weighted by Gasteiger charge is 2.33. The fourth-order valence-corrected chi connectivity index (χ4v) is 2.82. The van der Waals surface area contributed by atoms with E-state index < -0.39 is 5.60 Å². The molecule has 0 aliphatic carbocycles. The maximum absolute atomic E-state index is 10.5. The van der Waals surface area contributed by atoms with E-state index in [0.29, 0.717) is 6.04 Å². The minimum Gasteiger partial charge on any atom is -0.388 e. The second-order valence-electron chi connectivity index (χ2n) is 5.29. The summed E-state index contributed by atoms with van der Waals surface area (Å²) in [4.78, 5) is 2.48. The van der Waals surface area contributed by atoms with Crippen molar-refractivity contribution in [2.24, 2.45) is 0 Å². The lowest BCUT2D eigenvalue weighted by molar-refractivity contribution is -0.0351. The molecule has 3 heteroatoms. The van der Waals surface area contributed by atoms with Gasteiger partial charge in [-0.2, -0.15) is 0 Å². The smallest absolute Gasteiger partial charge is 0.0798 e. The van der Waals surface area contributed by atoms with Gasteiger partial charge in [-0.05, 0) is 52.2 Å². The number of hydrogen-bond acceptors (Lipinski definition) is 3. The summed E-state index contributed by atoms with van der Waals surface area (Å²) in [6.45, 7) is 6.30. The number of likely N-dealkylation sites (tertiary alicyclic amines) is 1.